The molecule has 0 spiro atoms. The van der Waals surface area contributed by atoms with Gasteiger partial charge in [-0.1, -0.05) is 42.5 Å². The van der Waals surface area contributed by atoms with Gasteiger partial charge in [0, 0.05) is 18.3 Å². The Balaban J connectivity index is 1.61. The molecule has 2 aromatic carbocycles. The summed E-state index contributed by atoms with van der Waals surface area (Å²) in [7, 11) is 0. The first kappa shape index (κ1) is 17.6. The minimum absolute atomic E-state index is 0.207. The number of nitrogens with zero attached hydrogens (tertiary/aromatic N) is 3. The van der Waals surface area contributed by atoms with Crippen LogP contribution in [0.5, 0.6) is 0 Å². The molecule has 1 fully saturated rings. The van der Waals surface area contributed by atoms with Crippen molar-refractivity contribution in [2.75, 3.05) is 18.8 Å². The lowest BCUT2D eigenvalue weighted by molar-refractivity contribution is 0.257. The molecule has 0 aliphatic carbocycles. The first-order chi connectivity index (χ1) is 13.2. The average molecular weight is 362 g/mol. The Hall–Kier alpha value is -2.79. The molecule has 27 heavy (non-hydrogen) atoms. The Morgan fingerprint density at radius 2 is 1.85 bits per heavy atom. The van der Waals surface area contributed by atoms with E-state index in [4.69, 9.17) is 5.73 Å². The van der Waals surface area contributed by atoms with E-state index in [1.54, 1.807) is 18.3 Å². The number of nitrogens with two attached hydrogens (primary N) is 1. The van der Waals surface area contributed by atoms with Gasteiger partial charge in [0.25, 0.3) is 0 Å². The first-order valence-electron chi connectivity index (χ1n) is 9.37. The van der Waals surface area contributed by atoms with Gasteiger partial charge in [-0.3, -0.25) is 4.90 Å². The van der Waals surface area contributed by atoms with Crippen LogP contribution in [-0.2, 0) is 6.42 Å². The van der Waals surface area contributed by atoms with Gasteiger partial charge in [0.2, 0.25) is 5.95 Å². The molecule has 1 aliphatic rings. The number of hydrogen-bond acceptors (Lipinski definition) is 4. The van der Waals surface area contributed by atoms with Gasteiger partial charge in [-0.05, 0) is 49.1 Å². The van der Waals surface area contributed by atoms with Gasteiger partial charge >= 0.3 is 0 Å². The molecule has 0 bridgehead atoms. The van der Waals surface area contributed by atoms with Gasteiger partial charge in [-0.15, -0.1) is 0 Å². The largest absolute Gasteiger partial charge is 0.368 e. The van der Waals surface area contributed by atoms with Crippen LogP contribution in [0.1, 0.15) is 30.1 Å². The van der Waals surface area contributed by atoms with E-state index in [0.29, 0.717) is 0 Å². The lowest BCUT2D eigenvalue weighted by atomic mass is 9.99. The summed E-state index contributed by atoms with van der Waals surface area (Å²) in [5.41, 5.74) is 10.0. The molecule has 0 saturated carbocycles. The monoisotopic (exact) mass is 362 g/mol. The molecule has 1 aliphatic heterocycles. The Bertz CT molecular complexity index is 896. The molecule has 0 radical (unpaired) electrons. The summed E-state index contributed by atoms with van der Waals surface area (Å²) in [4.78, 5) is 11.2. The molecule has 3 aromatic rings. The molecule has 1 saturated heterocycles. The fraction of sp³-hybridized carbons (Fsp3) is 0.273. The van der Waals surface area contributed by atoms with Crippen LogP contribution >= 0.6 is 0 Å². The van der Waals surface area contributed by atoms with Crippen LogP contribution in [0.4, 0.5) is 10.3 Å². The Morgan fingerprint density at radius 3 is 2.63 bits per heavy atom. The Labute approximate surface area is 158 Å². The minimum Gasteiger partial charge on any atom is -0.368 e. The quantitative estimate of drug-likeness (QED) is 0.737. The average Bonchev–Trinajstić information content (AvgIpc) is 3.16. The molecule has 1 atom stereocenters. The van der Waals surface area contributed by atoms with Crippen molar-refractivity contribution in [3.8, 4) is 11.1 Å². The van der Waals surface area contributed by atoms with Gasteiger partial charge < -0.3 is 5.73 Å². The fourth-order valence-electron chi connectivity index (χ4n) is 3.84. The van der Waals surface area contributed by atoms with E-state index in [0.717, 1.165) is 49.2 Å². The molecule has 2 N–H and O–H groups in total. The molecular formula is C22H23FN4. The highest BCUT2D eigenvalue weighted by molar-refractivity contribution is 5.66. The smallest absolute Gasteiger partial charge is 0.220 e. The van der Waals surface area contributed by atoms with E-state index >= 15 is 0 Å². The second-order valence-corrected chi connectivity index (χ2v) is 6.96. The molecule has 5 heteroatoms. The Morgan fingerprint density at radius 1 is 1.07 bits per heavy atom. The van der Waals surface area contributed by atoms with Crippen LogP contribution < -0.4 is 5.73 Å². The second kappa shape index (κ2) is 7.84. The lowest BCUT2D eigenvalue weighted by Crippen LogP contribution is -2.27. The van der Waals surface area contributed by atoms with Gasteiger partial charge in [0.05, 0.1) is 11.7 Å². The number of anilines is 1. The molecular weight excluding hydrogens is 339 g/mol. The highest BCUT2D eigenvalue weighted by Gasteiger charge is 2.29. The number of rotatable bonds is 5. The minimum atomic E-state index is -0.248. The maximum atomic E-state index is 13.3. The van der Waals surface area contributed by atoms with Crippen LogP contribution in [0.15, 0.2) is 60.8 Å². The van der Waals surface area contributed by atoms with Crippen molar-refractivity contribution in [2.24, 2.45) is 0 Å². The van der Waals surface area contributed by atoms with Crippen molar-refractivity contribution in [1.82, 2.24) is 14.9 Å². The van der Waals surface area contributed by atoms with E-state index in [-0.39, 0.29) is 17.8 Å². The summed E-state index contributed by atoms with van der Waals surface area (Å²) < 4.78 is 13.3. The SMILES string of the molecule is Nc1ncc(-c2ccc(F)cc2)c(C2CCCN2CCc2ccccc2)n1. The normalized spacial score (nSPS) is 17.3. The summed E-state index contributed by atoms with van der Waals surface area (Å²) >= 11 is 0. The van der Waals surface area contributed by atoms with E-state index < -0.39 is 0 Å². The van der Waals surface area contributed by atoms with Crippen molar-refractivity contribution in [1.29, 1.82) is 0 Å². The van der Waals surface area contributed by atoms with Crippen molar-refractivity contribution in [3.05, 3.63) is 77.9 Å². The van der Waals surface area contributed by atoms with Crippen LogP contribution in [-0.4, -0.2) is 28.0 Å². The highest BCUT2D eigenvalue weighted by Crippen LogP contribution is 2.36. The van der Waals surface area contributed by atoms with Gasteiger partial charge in [0.15, 0.2) is 0 Å². The summed E-state index contributed by atoms with van der Waals surface area (Å²) in [5.74, 6) is 0.0350. The summed E-state index contributed by atoms with van der Waals surface area (Å²) in [5, 5.41) is 0. The fourth-order valence-corrected chi connectivity index (χ4v) is 3.84. The first-order valence-corrected chi connectivity index (χ1v) is 9.37. The predicted octanol–water partition coefficient (Wildman–Crippen LogP) is 4.24. The predicted molar refractivity (Wildman–Crippen MR) is 106 cm³/mol. The number of nitrogen functional groups attached to an aromatic ring is 1. The molecule has 1 unspecified atom stereocenters. The van der Waals surface area contributed by atoms with Crippen LogP contribution in [0.2, 0.25) is 0 Å². The topological polar surface area (TPSA) is 55.0 Å². The molecule has 1 aromatic heterocycles. The van der Waals surface area contributed by atoms with E-state index in [2.05, 4.69) is 39.1 Å². The molecule has 4 rings (SSSR count). The number of hydrogen-bond donors (Lipinski definition) is 1. The van der Waals surface area contributed by atoms with Gasteiger partial charge in [-0.25, -0.2) is 14.4 Å². The van der Waals surface area contributed by atoms with Gasteiger partial charge in [-0.2, -0.15) is 0 Å². The number of halogens is 1. The number of benzene rings is 2. The summed E-state index contributed by atoms with van der Waals surface area (Å²) in [6.45, 7) is 2.02. The maximum Gasteiger partial charge on any atom is 0.220 e. The zero-order valence-electron chi connectivity index (χ0n) is 15.2. The van der Waals surface area contributed by atoms with Crippen molar-refractivity contribution in [2.45, 2.75) is 25.3 Å². The third-order valence-corrected chi connectivity index (χ3v) is 5.20. The standard InChI is InChI=1S/C22H23FN4/c23-18-10-8-17(9-11-18)19-15-25-22(24)26-21(19)20-7-4-13-27(20)14-12-16-5-2-1-3-6-16/h1-3,5-6,8-11,15,20H,4,7,12-14H2,(H2,24,25,26). The second-order valence-electron chi connectivity index (χ2n) is 6.96. The van der Waals surface area contributed by atoms with Crippen LogP contribution in [0.25, 0.3) is 11.1 Å². The number of aromatic nitrogens is 2. The lowest BCUT2D eigenvalue weighted by Gasteiger charge is -2.26. The summed E-state index contributed by atoms with van der Waals surface area (Å²) in [6, 6.07) is 17.2. The van der Waals surface area contributed by atoms with Crippen LogP contribution in [0.3, 0.4) is 0 Å². The number of likely N-dealkylation sites (tertiary alicyclic amines) is 1. The molecule has 2 heterocycles. The zero-order chi connectivity index (χ0) is 18.6. The summed E-state index contributed by atoms with van der Waals surface area (Å²) in [6.07, 6.45) is 4.94. The van der Waals surface area contributed by atoms with Crippen molar-refractivity contribution >= 4 is 5.95 Å². The van der Waals surface area contributed by atoms with E-state index in [1.807, 2.05) is 6.07 Å². The van der Waals surface area contributed by atoms with Crippen molar-refractivity contribution < 1.29 is 4.39 Å². The van der Waals surface area contributed by atoms with E-state index in [1.165, 1.54) is 17.7 Å². The maximum absolute atomic E-state index is 13.3. The van der Waals surface area contributed by atoms with Crippen LogP contribution in [0, 0.1) is 5.82 Å². The molecule has 4 nitrogen and oxygen atoms in total. The third kappa shape index (κ3) is 3.98. The zero-order valence-corrected chi connectivity index (χ0v) is 15.2. The highest BCUT2D eigenvalue weighted by atomic mass is 19.1. The molecule has 138 valence electrons. The molecule has 0 amide bonds. The Kier molecular flexibility index (Phi) is 5.12. The van der Waals surface area contributed by atoms with Gasteiger partial charge in [0.1, 0.15) is 5.82 Å². The van der Waals surface area contributed by atoms with Crippen molar-refractivity contribution in [3.63, 3.8) is 0 Å². The third-order valence-electron chi connectivity index (χ3n) is 5.20. The van der Waals surface area contributed by atoms with E-state index in [9.17, 15) is 4.39 Å².